The van der Waals surface area contributed by atoms with Crippen LogP contribution in [0.4, 0.5) is 0 Å². The Labute approximate surface area is 228 Å². The van der Waals surface area contributed by atoms with Crippen molar-refractivity contribution in [1.29, 1.82) is 0 Å². The molecule has 0 aliphatic rings. The molecular weight excluding hydrogens is 497 g/mol. The second-order valence-corrected chi connectivity index (χ2v) is 29.0. The average Bonchev–Trinajstić information content (AvgIpc) is 2.66. The fourth-order valence-corrected chi connectivity index (χ4v) is 6.58. The molecule has 3 atom stereocenters. The van der Waals surface area contributed by atoms with E-state index in [0.29, 0.717) is 19.6 Å². The lowest BCUT2D eigenvalue weighted by Gasteiger charge is -2.45. The topological polar surface area (TPSA) is 36.9 Å². The van der Waals surface area contributed by atoms with Crippen molar-refractivity contribution in [2.24, 2.45) is 0 Å². The summed E-state index contributed by atoms with van der Waals surface area (Å²) in [5, 5.41) is 0.319. The van der Waals surface area contributed by atoms with Gasteiger partial charge in [0.15, 0.2) is 25.0 Å². The Morgan fingerprint density at radius 3 is 1.58 bits per heavy atom. The van der Waals surface area contributed by atoms with Crippen molar-refractivity contribution in [3.8, 4) is 12.3 Å². The Kier molecular flexibility index (Phi) is 13.2. The van der Waals surface area contributed by atoms with Crippen molar-refractivity contribution in [3.63, 3.8) is 0 Å². The van der Waals surface area contributed by atoms with Crippen LogP contribution in [0.5, 0.6) is 0 Å². The second kappa shape index (κ2) is 13.2. The minimum Gasteiger partial charge on any atom is -0.417 e. The van der Waals surface area contributed by atoms with Crippen molar-refractivity contribution in [1.82, 2.24) is 0 Å². The second-order valence-electron chi connectivity index (χ2n) is 14.7. The van der Waals surface area contributed by atoms with E-state index < -0.39 is 25.0 Å². The summed E-state index contributed by atoms with van der Waals surface area (Å²) in [5.41, 5.74) is 0. The zero-order valence-electron chi connectivity index (χ0n) is 26.6. The predicted molar refractivity (Wildman–Crippen MR) is 165 cm³/mol. The van der Waals surface area contributed by atoms with Gasteiger partial charge in [-0.05, 0) is 60.8 Å². The largest absolute Gasteiger partial charge is 0.417 e. The molecule has 0 fully saturated rings. The van der Waals surface area contributed by atoms with Gasteiger partial charge in [0, 0.05) is 19.6 Å². The molecule has 0 aromatic rings. The molecule has 0 radical (unpaired) electrons. The van der Waals surface area contributed by atoms with E-state index in [9.17, 15) is 0 Å². The highest BCUT2D eigenvalue weighted by atomic mass is 28.4. The van der Waals surface area contributed by atoms with E-state index in [2.05, 4.69) is 114 Å². The summed E-state index contributed by atoms with van der Waals surface area (Å²) in [6.45, 7) is 39.3. The molecule has 7 heteroatoms. The summed E-state index contributed by atoms with van der Waals surface area (Å²) < 4.78 is 26.7. The highest BCUT2D eigenvalue weighted by molar-refractivity contribution is 6.75. The normalized spacial score (nSPS) is 16.8. The fraction of sp³-hybridized carbons (Fsp3) is 0.862. The molecule has 0 N–H and O–H groups in total. The lowest BCUT2D eigenvalue weighted by molar-refractivity contribution is -0.0769. The summed E-state index contributed by atoms with van der Waals surface area (Å²) in [6.07, 6.45) is 8.15. The van der Waals surface area contributed by atoms with Crippen LogP contribution in [0.2, 0.25) is 54.4 Å². The Morgan fingerprint density at radius 2 is 1.19 bits per heavy atom. The average molecular weight is 557 g/mol. The van der Waals surface area contributed by atoms with E-state index in [0.717, 1.165) is 6.42 Å². The van der Waals surface area contributed by atoms with Gasteiger partial charge in [0.2, 0.25) is 0 Å². The summed E-state index contributed by atoms with van der Waals surface area (Å²) in [4.78, 5) is 0. The zero-order chi connectivity index (χ0) is 28.8. The predicted octanol–water partition coefficient (Wildman–Crippen LogP) is 8.77. The lowest BCUT2D eigenvalue weighted by atomic mass is 10.1. The first-order valence-corrected chi connectivity index (χ1v) is 22.3. The van der Waals surface area contributed by atoms with Crippen molar-refractivity contribution < 1.29 is 18.0 Å². The number of ether oxygens (including phenoxy) is 1. The van der Waals surface area contributed by atoms with E-state index in [-0.39, 0.29) is 33.4 Å². The van der Waals surface area contributed by atoms with Gasteiger partial charge in [-0.25, -0.2) is 0 Å². The van der Waals surface area contributed by atoms with E-state index in [4.69, 9.17) is 24.4 Å². The van der Waals surface area contributed by atoms with Gasteiger partial charge in [-0.3, -0.25) is 0 Å². The van der Waals surface area contributed by atoms with E-state index in [1.54, 1.807) is 0 Å². The van der Waals surface area contributed by atoms with E-state index in [1.807, 2.05) is 6.08 Å². The van der Waals surface area contributed by atoms with E-state index in [1.165, 1.54) is 0 Å². The van der Waals surface area contributed by atoms with Gasteiger partial charge in [0.25, 0.3) is 0 Å². The van der Waals surface area contributed by atoms with Crippen LogP contribution in [0.25, 0.3) is 0 Å². The van der Waals surface area contributed by atoms with Gasteiger partial charge in [-0.1, -0.05) is 68.4 Å². The molecule has 1 unspecified atom stereocenters. The standard InChI is InChI=1S/C29H60O4Si3/c1-18-21-25(33-36(16,17)29(9,10)11)26(24(19-2)32-35(14,15)28(6,7)8)30-22-20-23-31-34(12,13)27(3,4)5/h1,19,24-26H,2,20-23H2,3-17H3/t24?,25-,26+/m1/s1. The third-order valence-corrected chi connectivity index (χ3v) is 22.1. The lowest BCUT2D eigenvalue weighted by Crippen LogP contribution is -2.53. The van der Waals surface area contributed by atoms with Crippen molar-refractivity contribution >= 4 is 25.0 Å². The molecule has 0 rings (SSSR count). The van der Waals surface area contributed by atoms with Gasteiger partial charge in [-0.2, -0.15) is 0 Å². The van der Waals surface area contributed by atoms with Crippen LogP contribution in [-0.2, 0) is 18.0 Å². The Hall–Kier alpha value is -0.209. The molecule has 36 heavy (non-hydrogen) atoms. The minimum absolute atomic E-state index is 0.0609. The van der Waals surface area contributed by atoms with Crippen molar-refractivity contribution in [2.45, 2.75) is 148 Å². The van der Waals surface area contributed by atoms with Crippen LogP contribution in [0, 0.1) is 12.3 Å². The van der Waals surface area contributed by atoms with Crippen LogP contribution >= 0.6 is 0 Å². The molecular formula is C29H60O4Si3. The number of hydrogen-bond acceptors (Lipinski definition) is 4. The van der Waals surface area contributed by atoms with Crippen molar-refractivity contribution in [3.05, 3.63) is 12.7 Å². The van der Waals surface area contributed by atoms with Gasteiger partial charge < -0.3 is 18.0 Å². The molecule has 0 amide bonds. The molecule has 0 saturated carbocycles. The van der Waals surface area contributed by atoms with E-state index >= 15 is 0 Å². The molecule has 0 bridgehead atoms. The summed E-state index contributed by atoms with van der Waals surface area (Å²) >= 11 is 0. The monoisotopic (exact) mass is 556 g/mol. The van der Waals surface area contributed by atoms with Crippen LogP contribution in [0.1, 0.15) is 75.2 Å². The maximum atomic E-state index is 6.88. The molecule has 4 nitrogen and oxygen atoms in total. The molecule has 0 heterocycles. The van der Waals surface area contributed by atoms with Crippen LogP contribution in [-0.4, -0.2) is 56.5 Å². The zero-order valence-corrected chi connectivity index (χ0v) is 29.6. The third kappa shape index (κ3) is 10.5. The first kappa shape index (κ1) is 35.8. The minimum atomic E-state index is -2.10. The quantitative estimate of drug-likeness (QED) is 0.0927. The first-order chi connectivity index (χ1) is 15.9. The molecule has 0 aromatic carbocycles. The van der Waals surface area contributed by atoms with Gasteiger partial charge in [0.05, 0.1) is 12.2 Å². The summed E-state index contributed by atoms with van der Waals surface area (Å²) in [5.74, 6) is 2.85. The first-order valence-electron chi connectivity index (χ1n) is 13.6. The number of hydrogen-bond donors (Lipinski definition) is 0. The fourth-order valence-electron chi connectivity index (χ4n) is 2.90. The van der Waals surface area contributed by atoms with Crippen LogP contribution in [0.3, 0.4) is 0 Å². The molecule has 0 aliphatic carbocycles. The molecule has 212 valence electrons. The van der Waals surface area contributed by atoms with Gasteiger partial charge >= 0.3 is 0 Å². The van der Waals surface area contributed by atoms with Crippen LogP contribution < -0.4 is 0 Å². The highest BCUT2D eigenvalue weighted by Crippen LogP contribution is 2.41. The molecule has 0 aliphatic heterocycles. The third-order valence-electron chi connectivity index (χ3n) is 8.60. The smallest absolute Gasteiger partial charge is 0.193 e. The summed E-state index contributed by atoms with van der Waals surface area (Å²) in [6, 6.07) is 0. The van der Waals surface area contributed by atoms with Gasteiger partial charge in [0.1, 0.15) is 6.10 Å². The maximum absolute atomic E-state index is 6.88. The SMILES string of the molecule is C#CC[C@@H](O[Si](C)(C)C(C)(C)C)[C@@H](OCCCO[Si](C)(C)C(C)(C)C)C(C=C)O[Si](C)(C)C(C)(C)C. The number of terminal acetylenes is 1. The molecule has 0 aromatic heterocycles. The van der Waals surface area contributed by atoms with Gasteiger partial charge in [-0.15, -0.1) is 18.9 Å². The Bertz CT molecular complexity index is 719. The maximum Gasteiger partial charge on any atom is 0.193 e. The summed E-state index contributed by atoms with van der Waals surface area (Å²) in [7, 11) is -5.97. The Balaban J connectivity index is 5.89. The highest BCUT2D eigenvalue weighted by Gasteiger charge is 2.45. The Morgan fingerprint density at radius 1 is 0.750 bits per heavy atom. The van der Waals surface area contributed by atoms with Crippen LogP contribution in [0.15, 0.2) is 12.7 Å². The molecule has 0 saturated heterocycles. The van der Waals surface area contributed by atoms with Crippen molar-refractivity contribution in [2.75, 3.05) is 13.2 Å². The number of rotatable bonds is 14. The molecule has 0 spiro atoms.